The number of nitrogen functional groups attached to an aromatic ring is 1. The number of fused-ring (bicyclic) bond motifs is 3. The number of anilines is 1. The molecular formula is C23H22ClN3O4. The van der Waals surface area contributed by atoms with Crippen LogP contribution in [0.25, 0.3) is 11.1 Å². The van der Waals surface area contributed by atoms with E-state index in [0.29, 0.717) is 0 Å². The van der Waals surface area contributed by atoms with Crippen LogP contribution in [0.15, 0.2) is 60.7 Å². The lowest BCUT2D eigenvalue weighted by molar-refractivity contribution is 0.0165. The van der Waals surface area contributed by atoms with E-state index in [9.17, 15) is 15.0 Å². The van der Waals surface area contributed by atoms with E-state index in [0.717, 1.165) is 22.3 Å². The Morgan fingerprint density at radius 3 is 2.32 bits per heavy atom. The summed E-state index contributed by atoms with van der Waals surface area (Å²) in [5.41, 5.74) is 10.5. The van der Waals surface area contributed by atoms with Crippen LogP contribution in [0.5, 0.6) is 0 Å². The van der Waals surface area contributed by atoms with E-state index in [2.05, 4.69) is 22.4 Å². The molecule has 0 fully saturated rings. The van der Waals surface area contributed by atoms with Crippen molar-refractivity contribution >= 4 is 23.4 Å². The maximum atomic E-state index is 12.2. The molecule has 2 aromatic carbocycles. The molecule has 0 bridgehead atoms. The molecular weight excluding hydrogens is 418 g/mol. The minimum Gasteiger partial charge on any atom is -0.449 e. The first-order valence-corrected chi connectivity index (χ1v) is 10.2. The molecule has 31 heavy (non-hydrogen) atoms. The fourth-order valence-electron chi connectivity index (χ4n) is 3.83. The number of hydrogen-bond acceptors (Lipinski definition) is 6. The number of benzene rings is 2. The van der Waals surface area contributed by atoms with Crippen LogP contribution < -0.4 is 11.1 Å². The zero-order valence-corrected chi connectivity index (χ0v) is 17.3. The molecule has 1 heterocycles. The first kappa shape index (κ1) is 21.1. The van der Waals surface area contributed by atoms with Crippen LogP contribution in [-0.4, -0.2) is 40.5 Å². The highest BCUT2D eigenvalue weighted by Gasteiger charge is 2.29. The number of nitrogens with zero attached hydrogens (tertiary/aromatic N) is 1. The summed E-state index contributed by atoms with van der Waals surface area (Å²) < 4.78 is 5.41. The van der Waals surface area contributed by atoms with Crippen LogP contribution in [0.3, 0.4) is 0 Å². The van der Waals surface area contributed by atoms with Gasteiger partial charge in [0.25, 0.3) is 0 Å². The van der Waals surface area contributed by atoms with Gasteiger partial charge in [0.05, 0.1) is 11.4 Å². The van der Waals surface area contributed by atoms with E-state index < -0.39 is 18.3 Å². The van der Waals surface area contributed by atoms with E-state index >= 15 is 0 Å². The zero-order chi connectivity index (χ0) is 22.0. The molecule has 5 N–H and O–H groups in total. The number of pyridine rings is 1. The van der Waals surface area contributed by atoms with Gasteiger partial charge in [-0.25, -0.2) is 9.78 Å². The maximum absolute atomic E-state index is 12.2. The van der Waals surface area contributed by atoms with Crippen molar-refractivity contribution in [1.29, 1.82) is 0 Å². The Morgan fingerprint density at radius 2 is 1.68 bits per heavy atom. The SMILES string of the molecule is Nc1ccc(Cl)nc1C(O)C(O)CNC(=O)OCC1c2ccccc2-c2ccccc21. The van der Waals surface area contributed by atoms with Crippen molar-refractivity contribution in [3.8, 4) is 11.1 Å². The lowest BCUT2D eigenvalue weighted by Crippen LogP contribution is -2.36. The van der Waals surface area contributed by atoms with Crippen LogP contribution in [0, 0.1) is 0 Å². The summed E-state index contributed by atoms with van der Waals surface area (Å²) in [7, 11) is 0. The summed E-state index contributed by atoms with van der Waals surface area (Å²) >= 11 is 5.82. The molecule has 160 valence electrons. The van der Waals surface area contributed by atoms with Gasteiger partial charge in [0.1, 0.15) is 24.0 Å². The fraction of sp³-hybridized carbons (Fsp3) is 0.217. The van der Waals surface area contributed by atoms with Crippen molar-refractivity contribution in [2.75, 3.05) is 18.9 Å². The Kier molecular flexibility index (Phi) is 6.08. The Balaban J connectivity index is 1.35. The molecule has 1 amide bonds. The van der Waals surface area contributed by atoms with Crippen LogP contribution in [-0.2, 0) is 4.74 Å². The number of amides is 1. The van der Waals surface area contributed by atoms with E-state index in [-0.39, 0.29) is 35.6 Å². The molecule has 2 unspecified atom stereocenters. The van der Waals surface area contributed by atoms with Crippen molar-refractivity contribution in [2.24, 2.45) is 0 Å². The van der Waals surface area contributed by atoms with Gasteiger partial charge in [0.15, 0.2) is 0 Å². The smallest absolute Gasteiger partial charge is 0.407 e. The van der Waals surface area contributed by atoms with E-state index in [1.165, 1.54) is 12.1 Å². The molecule has 0 saturated heterocycles. The number of alkyl carbamates (subject to hydrolysis) is 1. The van der Waals surface area contributed by atoms with Crippen molar-refractivity contribution < 1.29 is 19.7 Å². The average Bonchev–Trinajstić information content (AvgIpc) is 3.11. The lowest BCUT2D eigenvalue weighted by atomic mass is 9.98. The van der Waals surface area contributed by atoms with Gasteiger partial charge in [0.2, 0.25) is 0 Å². The normalized spacial score (nSPS) is 14.4. The molecule has 4 rings (SSSR count). The molecule has 0 saturated carbocycles. The summed E-state index contributed by atoms with van der Waals surface area (Å²) in [6, 6.07) is 19.0. The Morgan fingerprint density at radius 1 is 1.06 bits per heavy atom. The number of halogens is 1. The van der Waals surface area contributed by atoms with Crippen LogP contribution in [0.2, 0.25) is 5.15 Å². The maximum Gasteiger partial charge on any atom is 0.407 e. The average molecular weight is 440 g/mol. The summed E-state index contributed by atoms with van der Waals surface area (Å²) in [5.74, 6) is -0.0656. The second-order valence-electron chi connectivity index (χ2n) is 7.33. The van der Waals surface area contributed by atoms with Gasteiger partial charge in [-0.3, -0.25) is 0 Å². The quantitative estimate of drug-likeness (QED) is 0.438. The minimum atomic E-state index is -1.41. The summed E-state index contributed by atoms with van der Waals surface area (Å²) in [6.45, 7) is -0.0905. The molecule has 1 aliphatic carbocycles. The van der Waals surface area contributed by atoms with Gasteiger partial charge < -0.3 is 26.0 Å². The summed E-state index contributed by atoms with van der Waals surface area (Å²) in [5, 5.41) is 23.1. The highest BCUT2D eigenvalue weighted by atomic mass is 35.5. The lowest BCUT2D eigenvalue weighted by Gasteiger charge is -2.20. The monoisotopic (exact) mass is 439 g/mol. The first-order valence-electron chi connectivity index (χ1n) is 9.82. The van der Waals surface area contributed by atoms with E-state index in [4.69, 9.17) is 22.1 Å². The molecule has 1 aromatic heterocycles. The number of hydrogen-bond donors (Lipinski definition) is 4. The third-order valence-corrected chi connectivity index (χ3v) is 5.58. The fourth-order valence-corrected chi connectivity index (χ4v) is 3.98. The number of nitrogens with two attached hydrogens (primary N) is 1. The van der Waals surface area contributed by atoms with Crippen molar-refractivity contribution in [2.45, 2.75) is 18.1 Å². The highest BCUT2D eigenvalue weighted by molar-refractivity contribution is 6.29. The largest absolute Gasteiger partial charge is 0.449 e. The molecule has 3 aromatic rings. The van der Waals surface area contributed by atoms with Gasteiger partial charge >= 0.3 is 6.09 Å². The Hall–Kier alpha value is -3.13. The number of nitrogens with one attached hydrogen (secondary N) is 1. The predicted molar refractivity (Wildman–Crippen MR) is 118 cm³/mol. The van der Waals surface area contributed by atoms with E-state index in [1.54, 1.807) is 0 Å². The number of carbonyl (C=O) groups excluding carboxylic acids is 1. The van der Waals surface area contributed by atoms with Crippen LogP contribution in [0.4, 0.5) is 10.5 Å². The third-order valence-electron chi connectivity index (χ3n) is 5.37. The standard InChI is InChI=1S/C23H22ClN3O4/c24-20-10-9-18(25)21(27-20)22(29)19(28)11-26-23(30)31-12-17-15-7-3-1-5-13(15)14-6-2-4-8-16(14)17/h1-10,17,19,22,28-29H,11-12,25H2,(H,26,30). The molecule has 7 nitrogen and oxygen atoms in total. The van der Waals surface area contributed by atoms with Gasteiger partial charge in [-0.1, -0.05) is 60.1 Å². The number of rotatable bonds is 6. The van der Waals surface area contributed by atoms with Gasteiger partial charge in [-0.05, 0) is 34.4 Å². The molecule has 1 aliphatic rings. The molecule has 8 heteroatoms. The second-order valence-corrected chi connectivity index (χ2v) is 7.71. The number of aliphatic hydroxyl groups is 2. The van der Waals surface area contributed by atoms with Crippen molar-refractivity contribution in [3.05, 3.63) is 82.6 Å². The van der Waals surface area contributed by atoms with Gasteiger partial charge in [-0.15, -0.1) is 0 Å². The van der Waals surface area contributed by atoms with E-state index in [1.807, 2.05) is 36.4 Å². The Labute approximate surface area is 184 Å². The Bertz CT molecular complexity index is 1060. The summed E-state index contributed by atoms with van der Waals surface area (Å²) in [6.07, 6.45) is -3.44. The topological polar surface area (TPSA) is 118 Å². The van der Waals surface area contributed by atoms with Crippen molar-refractivity contribution in [3.63, 3.8) is 0 Å². The third kappa shape index (κ3) is 4.34. The highest BCUT2D eigenvalue weighted by Crippen LogP contribution is 2.44. The second kappa shape index (κ2) is 8.93. The minimum absolute atomic E-state index is 0.0503. The van der Waals surface area contributed by atoms with Gasteiger partial charge in [-0.2, -0.15) is 0 Å². The molecule has 0 aliphatic heterocycles. The molecule has 0 spiro atoms. The predicted octanol–water partition coefficient (Wildman–Crippen LogP) is 3.25. The molecule has 2 atom stereocenters. The van der Waals surface area contributed by atoms with Crippen molar-refractivity contribution in [1.82, 2.24) is 10.3 Å². The number of ether oxygens (including phenoxy) is 1. The van der Waals surface area contributed by atoms with Crippen LogP contribution >= 0.6 is 11.6 Å². The number of aliphatic hydroxyl groups excluding tert-OH is 2. The number of aromatic nitrogens is 1. The zero-order valence-electron chi connectivity index (χ0n) is 16.5. The molecule has 0 radical (unpaired) electrons. The van der Waals surface area contributed by atoms with Gasteiger partial charge in [0, 0.05) is 12.5 Å². The first-order chi connectivity index (χ1) is 15.0. The number of carbonyl (C=O) groups is 1. The summed E-state index contributed by atoms with van der Waals surface area (Å²) in [4.78, 5) is 16.2. The van der Waals surface area contributed by atoms with Crippen LogP contribution in [0.1, 0.15) is 28.8 Å².